The van der Waals surface area contributed by atoms with Gasteiger partial charge in [0.05, 0.1) is 7.11 Å². The topological polar surface area (TPSA) is 33.7 Å². The molecule has 4 nitrogen and oxygen atoms in total. The standard InChI is InChI=1S/C21H30N2O2/c1-17(23(2)3)16-25-21-11-10-20(24-4)14-19(21)15-22-13-12-18-8-6-5-7-9-18/h5-11,14,17,22H,12-13,15-16H2,1-4H3. The summed E-state index contributed by atoms with van der Waals surface area (Å²) in [4.78, 5) is 2.15. The number of ether oxygens (including phenoxy) is 2. The second kappa shape index (κ2) is 10.1. The Balaban J connectivity index is 1.92. The van der Waals surface area contributed by atoms with Crippen LogP contribution >= 0.6 is 0 Å². The van der Waals surface area contributed by atoms with Gasteiger partial charge in [-0.15, -0.1) is 0 Å². The number of nitrogens with one attached hydrogen (secondary N) is 1. The largest absolute Gasteiger partial charge is 0.497 e. The van der Waals surface area contributed by atoms with Gasteiger partial charge in [-0.25, -0.2) is 0 Å². The first kappa shape index (κ1) is 19.3. The molecule has 4 heteroatoms. The fourth-order valence-corrected chi connectivity index (χ4v) is 2.42. The third kappa shape index (κ3) is 6.40. The van der Waals surface area contributed by atoms with Crippen molar-refractivity contribution in [2.45, 2.75) is 25.9 Å². The van der Waals surface area contributed by atoms with Gasteiger partial charge in [-0.05, 0) is 57.7 Å². The average molecular weight is 342 g/mol. The van der Waals surface area contributed by atoms with Crippen molar-refractivity contribution in [2.24, 2.45) is 0 Å². The van der Waals surface area contributed by atoms with Gasteiger partial charge in [-0.2, -0.15) is 0 Å². The van der Waals surface area contributed by atoms with E-state index in [0.717, 1.165) is 36.6 Å². The van der Waals surface area contributed by atoms with E-state index in [4.69, 9.17) is 9.47 Å². The number of likely N-dealkylation sites (N-methyl/N-ethyl adjacent to an activating group) is 1. The van der Waals surface area contributed by atoms with Gasteiger partial charge in [0, 0.05) is 18.2 Å². The monoisotopic (exact) mass is 342 g/mol. The first-order valence-electron chi connectivity index (χ1n) is 8.81. The molecule has 0 aliphatic heterocycles. The lowest BCUT2D eigenvalue weighted by molar-refractivity contribution is 0.197. The highest BCUT2D eigenvalue weighted by molar-refractivity contribution is 5.40. The Bertz CT molecular complexity index is 629. The van der Waals surface area contributed by atoms with Gasteiger partial charge in [0.2, 0.25) is 0 Å². The number of hydrogen-bond donors (Lipinski definition) is 1. The lowest BCUT2D eigenvalue weighted by Crippen LogP contribution is -2.30. The second-order valence-electron chi connectivity index (χ2n) is 6.51. The Morgan fingerprint density at radius 2 is 1.84 bits per heavy atom. The van der Waals surface area contributed by atoms with E-state index >= 15 is 0 Å². The van der Waals surface area contributed by atoms with Crippen LogP contribution in [0.3, 0.4) is 0 Å². The molecule has 0 aliphatic rings. The van der Waals surface area contributed by atoms with Crippen LogP contribution in [-0.4, -0.2) is 45.3 Å². The molecule has 0 aromatic heterocycles. The highest BCUT2D eigenvalue weighted by Crippen LogP contribution is 2.24. The van der Waals surface area contributed by atoms with E-state index in [9.17, 15) is 0 Å². The molecule has 0 fully saturated rings. The summed E-state index contributed by atoms with van der Waals surface area (Å²) in [7, 11) is 5.82. The van der Waals surface area contributed by atoms with Crippen molar-refractivity contribution in [3.63, 3.8) is 0 Å². The van der Waals surface area contributed by atoms with Crippen LogP contribution in [0.2, 0.25) is 0 Å². The van der Waals surface area contributed by atoms with Gasteiger partial charge in [0.25, 0.3) is 0 Å². The van der Waals surface area contributed by atoms with Crippen LogP contribution < -0.4 is 14.8 Å². The molecule has 25 heavy (non-hydrogen) atoms. The van der Waals surface area contributed by atoms with Crippen LogP contribution in [0.1, 0.15) is 18.1 Å². The SMILES string of the molecule is COc1ccc(OCC(C)N(C)C)c(CNCCc2ccccc2)c1. The lowest BCUT2D eigenvalue weighted by Gasteiger charge is -2.21. The van der Waals surface area contributed by atoms with E-state index in [1.807, 2.05) is 24.3 Å². The minimum absolute atomic E-state index is 0.362. The van der Waals surface area contributed by atoms with E-state index in [1.54, 1.807) is 7.11 Å². The molecule has 0 spiro atoms. The highest BCUT2D eigenvalue weighted by Gasteiger charge is 2.09. The molecule has 1 N–H and O–H groups in total. The molecule has 2 rings (SSSR count). The van der Waals surface area contributed by atoms with Crippen LogP contribution in [0.25, 0.3) is 0 Å². The lowest BCUT2D eigenvalue weighted by atomic mass is 10.1. The predicted molar refractivity (Wildman–Crippen MR) is 103 cm³/mol. The molecule has 0 heterocycles. The van der Waals surface area contributed by atoms with Gasteiger partial charge < -0.3 is 19.7 Å². The predicted octanol–water partition coefficient (Wildman–Crippen LogP) is 3.36. The van der Waals surface area contributed by atoms with Gasteiger partial charge in [0.15, 0.2) is 0 Å². The summed E-state index contributed by atoms with van der Waals surface area (Å²) < 4.78 is 11.4. The average Bonchev–Trinajstić information content (AvgIpc) is 2.64. The number of hydrogen-bond acceptors (Lipinski definition) is 4. The zero-order valence-electron chi connectivity index (χ0n) is 15.8. The van der Waals surface area contributed by atoms with Gasteiger partial charge in [-0.1, -0.05) is 30.3 Å². The molecule has 136 valence electrons. The molecule has 0 radical (unpaired) electrons. The first-order valence-corrected chi connectivity index (χ1v) is 8.81. The second-order valence-corrected chi connectivity index (χ2v) is 6.51. The highest BCUT2D eigenvalue weighted by atomic mass is 16.5. The minimum atomic E-state index is 0.362. The van der Waals surface area contributed by atoms with E-state index in [-0.39, 0.29) is 0 Å². The van der Waals surface area contributed by atoms with Crippen LogP contribution in [0.5, 0.6) is 11.5 Å². The summed E-state index contributed by atoms with van der Waals surface area (Å²) >= 11 is 0. The maximum absolute atomic E-state index is 6.04. The van der Waals surface area contributed by atoms with E-state index in [2.05, 4.69) is 55.5 Å². The molecule has 1 unspecified atom stereocenters. The molecule has 0 saturated heterocycles. The summed E-state index contributed by atoms with van der Waals surface area (Å²) in [6.07, 6.45) is 1.01. The van der Waals surface area contributed by atoms with Crippen LogP contribution in [-0.2, 0) is 13.0 Å². The smallest absolute Gasteiger partial charge is 0.124 e. The van der Waals surface area contributed by atoms with E-state index in [1.165, 1.54) is 5.56 Å². The molecular weight excluding hydrogens is 312 g/mol. The molecular formula is C21H30N2O2. The van der Waals surface area contributed by atoms with Crippen LogP contribution in [0.15, 0.2) is 48.5 Å². The van der Waals surface area contributed by atoms with Crippen molar-refractivity contribution < 1.29 is 9.47 Å². The maximum atomic E-state index is 6.04. The molecule has 0 aliphatic carbocycles. The minimum Gasteiger partial charge on any atom is -0.497 e. The van der Waals surface area contributed by atoms with Gasteiger partial charge in [-0.3, -0.25) is 0 Å². The van der Waals surface area contributed by atoms with E-state index < -0.39 is 0 Å². The molecule has 2 aromatic rings. The fraction of sp³-hybridized carbons (Fsp3) is 0.429. The summed E-state index contributed by atoms with van der Waals surface area (Å²) in [6, 6.07) is 16.9. The summed E-state index contributed by atoms with van der Waals surface area (Å²) in [5, 5.41) is 3.51. The number of rotatable bonds is 10. The molecule has 0 bridgehead atoms. The summed E-state index contributed by atoms with van der Waals surface area (Å²) in [5.41, 5.74) is 2.47. The number of benzene rings is 2. The Morgan fingerprint density at radius 3 is 2.52 bits per heavy atom. The zero-order chi connectivity index (χ0) is 18.1. The van der Waals surface area contributed by atoms with Gasteiger partial charge >= 0.3 is 0 Å². The molecule has 0 amide bonds. The quantitative estimate of drug-likeness (QED) is 0.671. The van der Waals surface area contributed by atoms with E-state index in [0.29, 0.717) is 12.6 Å². The normalized spacial score (nSPS) is 12.2. The Kier molecular flexibility index (Phi) is 7.76. The van der Waals surface area contributed by atoms with Crippen molar-refractivity contribution in [1.82, 2.24) is 10.2 Å². The molecule has 0 saturated carbocycles. The van der Waals surface area contributed by atoms with Crippen molar-refractivity contribution >= 4 is 0 Å². The third-order valence-corrected chi connectivity index (χ3v) is 4.38. The third-order valence-electron chi connectivity index (χ3n) is 4.38. The number of methoxy groups -OCH3 is 1. The Labute approximate surface area is 151 Å². The van der Waals surface area contributed by atoms with Crippen molar-refractivity contribution in [1.29, 1.82) is 0 Å². The Hall–Kier alpha value is -2.04. The van der Waals surface area contributed by atoms with Crippen molar-refractivity contribution in [3.8, 4) is 11.5 Å². The molecule has 1 atom stereocenters. The Morgan fingerprint density at radius 1 is 1.08 bits per heavy atom. The summed E-state index contributed by atoms with van der Waals surface area (Å²) in [6.45, 7) is 4.50. The zero-order valence-corrected chi connectivity index (χ0v) is 15.8. The van der Waals surface area contributed by atoms with Crippen molar-refractivity contribution in [3.05, 3.63) is 59.7 Å². The summed E-state index contributed by atoms with van der Waals surface area (Å²) in [5.74, 6) is 1.77. The van der Waals surface area contributed by atoms with Crippen LogP contribution in [0.4, 0.5) is 0 Å². The number of nitrogens with zero attached hydrogens (tertiary/aromatic N) is 1. The molecule has 2 aromatic carbocycles. The van der Waals surface area contributed by atoms with Crippen LogP contribution in [0, 0.1) is 0 Å². The van der Waals surface area contributed by atoms with Crippen molar-refractivity contribution in [2.75, 3.05) is 34.4 Å². The first-order chi connectivity index (χ1) is 12.1. The fourth-order valence-electron chi connectivity index (χ4n) is 2.42. The maximum Gasteiger partial charge on any atom is 0.124 e. The van der Waals surface area contributed by atoms with Gasteiger partial charge in [0.1, 0.15) is 18.1 Å².